The Kier molecular flexibility index (Phi) is 9.30. The molecule has 2 aromatic rings. The Bertz CT molecular complexity index is 782. The van der Waals surface area contributed by atoms with Gasteiger partial charge in [-0.2, -0.15) is 0 Å². The smallest absolute Gasteiger partial charge is 0.126 e. The van der Waals surface area contributed by atoms with Crippen LogP contribution >= 0.6 is 24.8 Å². The topological polar surface area (TPSA) is 35.9 Å². The van der Waals surface area contributed by atoms with Crippen molar-refractivity contribution < 1.29 is 9.84 Å². The summed E-state index contributed by atoms with van der Waals surface area (Å²) in [5.41, 5.74) is 4.01. The molecule has 0 bridgehead atoms. The van der Waals surface area contributed by atoms with Crippen LogP contribution in [0.3, 0.4) is 0 Å². The van der Waals surface area contributed by atoms with Crippen molar-refractivity contribution in [2.24, 2.45) is 0 Å². The van der Waals surface area contributed by atoms with Crippen molar-refractivity contribution in [3.63, 3.8) is 0 Å². The number of halogens is 2. The lowest BCUT2D eigenvalue weighted by atomic mass is 9.88. The number of benzene rings is 2. The summed E-state index contributed by atoms with van der Waals surface area (Å²) < 4.78 is 6.12. The quantitative estimate of drug-likeness (QED) is 0.733. The lowest BCUT2D eigenvalue weighted by Gasteiger charge is -2.45. The normalized spacial score (nSPS) is 24.5. The molecule has 30 heavy (non-hydrogen) atoms. The third-order valence-electron chi connectivity index (χ3n) is 6.43. The van der Waals surface area contributed by atoms with Gasteiger partial charge in [0.2, 0.25) is 0 Å². The molecule has 1 heterocycles. The van der Waals surface area contributed by atoms with Gasteiger partial charge in [0.25, 0.3) is 0 Å². The van der Waals surface area contributed by atoms with Crippen LogP contribution in [0.15, 0.2) is 48.5 Å². The zero-order valence-corrected chi connectivity index (χ0v) is 19.5. The summed E-state index contributed by atoms with van der Waals surface area (Å²) in [4.78, 5) is 4.94. The van der Waals surface area contributed by atoms with E-state index in [1.165, 1.54) is 16.8 Å². The second-order valence-corrected chi connectivity index (χ2v) is 8.25. The molecule has 3 atom stereocenters. The molecule has 2 fully saturated rings. The lowest BCUT2D eigenvalue weighted by Crippen LogP contribution is -2.58. The highest BCUT2D eigenvalue weighted by Gasteiger charge is 2.37. The number of nitrogens with zero attached hydrogens (tertiary/aromatic N) is 2. The third kappa shape index (κ3) is 5.61. The van der Waals surface area contributed by atoms with E-state index < -0.39 is 6.10 Å². The zero-order chi connectivity index (χ0) is 19.5. The summed E-state index contributed by atoms with van der Waals surface area (Å²) in [5, 5.41) is 11.0. The lowest BCUT2D eigenvalue weighted by molar-refractivity contribution is -0.0546. The number of piperazine rings is 1. The first-order valence-corrected chi connectivity index (χ1v) is 10.6. The summed E-state index contributed by atoms with van der Waals surface area (Å²) >= 11 is 0. The van der Waals surface area contributed by atoms with Crippen molar-refractivity contribution in [3.8, 4) is 5.75 Å². The van der Waals surface area contributed by atoms with Gasteiger partial charge in [-0.3, -0.25) is 4.90 Å². The van der Waals surface area contributed by atoms with Crippen LogP contribution < -0.4 is 9.64 Å². The highest BCUT2D eigenvalue weighted by molar-refractivity contribution is 5.85. The van der Waals surface area contributed by atoms with E-state index in [0.717, 1.165) is 51.2 Å². The SMILES string of the molecule is Cc1ccc(N2CCN([C@H]3CCC[C@@H](Oc4ccccc4)[C@@H]3O)CC2)cc1C.Cl.Cl. The van der Waals surface area contributed by atoms with Crippen LogP contribution in [0.5, 0.6) is 5.75 Å². The number of aliphatic hydroxyl groups excluding tert-OH is 1. The fraction of sp³-hybridized carbons (Fsp3) is 0.500. The first-order chi connectivity index (χ1) is 13.6. The maximum atomic E-state index is 11.0. The second kappa shape index (κ2) is 11.2. The maximum absolute atomic E-state index is 11.0. The maximum Gasteiger partial charge on any atom is 0.126 e. The molecule has 1 saturated heterocycles. The fourth-order valence-corrected chi connectivity index (χ4v) is 4.55. The van der Waals surface area contributed by atoms with Crippen LogP contribution in [0.4, 0.5) is 5.69 Å². The second-order valence-electron chi connectivity index (χ2n) is 8.25. The van der Waals surface area contributed by atoms with Crippen molar-refractivity contribution in [3.05, 3.63) is 59.7 Å². The Morgan fingerprint density at radius 2 is 1.57 bits per heavy atom. The number of aryl methyl sites for hydroxylation is 2. The van der Waals surface area contributed by atoms with Crippen LogP contribution in [0.25, 0.3) is 0 Å². The van der Waals surface area contributed by atoms with Crippen molar-refractivity contribution in [2.45, 2.75) is 51.4 Å². The van der Waals surface area contributed by atoms with Gasteiger partial charge in [-0.15, -0.1) is 24.8 Å². The standard InChI is InChI=1S/C24H32N2O2.2ClH/c1-18-11-12-20(17-19(18)2)25-13-15-26(16-14-25)22-9-6-10-23(24(22)27)28-21-7-4-3-5-8-21;;/h3-5,7-8,11-12,17,22-24,27H,6,9-10,13-16H2,1-2H3;2*1H/t22-,23+,24+;;/m0../s1. The first-order valence-electron chi connectivity index (χ1n) is 10.6. The number of rotatable bonds is 4. The Morgan fingerprint density at radius 1 is 0.867 bits per heavy atom. The molecule has 4 rings (SSSR count). The summed E-state index contributed by atoms with van der Waals surface area (Å²) in [7, 11) is 0. The van der Waals surface area contributed by atoms with Crippen molar-refractivity contribution in [1.29, 1.82) is 0 Å². The molecule has 0 spiro atoms. The Hall–Kier alpha value is -1.46. The fourth-order valence-electron chi connectivity index (χ4n) is 4.55. The molecule has 1 saturated carbocycles. The molecule has 0 aromatic heterocycles. The van der Waals surface area contributed by atoms with Gasteiger partial charge in [0.15, 0.2) is 0 Å². The van der Waals surface area contributed by atoms with Gasteiger partial charge >= 0.3 is 0 Å². The van der Waals surface area contributed by atoms with E-state index in [-0.39, 0.29) is 37.0 Å². The number of hydrogen-bond acceptors (Lipinski definition) is 4. The third-order valence-corrected chi connectivity index (χ3v) is 6.43. The Labute approximate surface area is 193 Å². The van der Waals surface area contributed by atoms with Crippen LogP contribution in [-0.4, -0.2) is 54.4 Å². The molecular weight excluding hydrogens is 419 g/mol. The van der Waals surface area contributed by atoms with Gasteiger partial charge in [-0.25, -0.2) is 0 Å². The molecular formula is C24H34Cl2N2O2. The van der Waals surface area contributed by atoms with Gasteiger partial charge in [0.05, 0.1) is 0 Å². The van der Waals surface area contributed by atoms with E-state index in [0.29, 0.717) is 0 Å². The van der Waals surface area contributed by atoms with E-state index in [2.05, 4.69) is 41.8 Å². The summed E-state index contributed by atoms with van der Waals surface area (Å²) in [6.45, 7) is 8.35. The number of aliphatic hydroxyl groups is 1. The molecule has 1 N–H and O–H groups in total. The number of para-hydroxylation sites is 1. The number of ether oxygens (including phenoxy) is 1. The number of hydrogen-bond donors (Lipinski definition) is 1. The Balaban J connectivity index is 0.00000160. The van der Waals surface area contributed by atoms with E-state index in [1.807, 2.05) is 30.3 Å². The highest BCUT2D eigenvalue weighted by Crippen LogP contribution is 2.29. The molecule has 1 aliphatic heterocycles. The van der Waals surface area contributed by atoms with E-state index >= 15 is 0 Å². The monoisotopic (exact) mass is 452 g/mol. The summed E-state index contributed by atoms with van der Waals surface area (Å²) in [6.07, 6.45) is 2.55. The van der Waals surface area contributed by atoms with Crippen molar-refractivity contribution in [1.82, 2.24) is 4.90 Å². The molecule has 2 aliphatic rings. The van der Waals surface area contributed by atoms with Crippen molar-refractivity contribution >= 4 is 30.5 Å². The zero-order valence-electron chi connectivity index (χ0n) is 17.9. The number of anilines is 1. The minimum Gasteiger partial charge on any atom is -0.488 e. The first kappa shape index (κ1) is 24.8. The van der Waals surface area contributed by atoms with Crippen LogP contribution in [0.1, 0.15) is 30.4 Å². The molecule has 1 aliphatic carbocycles. The van der Waals surface area contributed by atoms with Gasteiger partial charge in [0, 0.05) is 37.9 Å². The minimum atomic E-state index is -0.429. The molecule has 0 amide bonds. The van der Waals surface area contributed by atoms with E-state index in [4.69, 9.17) is 4.74 Å². The summed E-state index contributed by atoms with van der Waals surface area (Å²) in [5.74, 6) is 0.853. The highest BCUT2D eigenvalue weighted by atomic mass is 35.5. The molecule has 2 aromatic carbocycles. The van der Waals surface area contributed by atoms with Crippen molar-refractivity contribution in [2.75, 3.05) is 31.1 Å². The van der Waals surface area contributed by atoms with Crippen LogP contribution in [-0.2, 0) is 0 Å². The predicted octanol–water partition coefficient (Wildman–Crippen LogP) is 4.63. The predicted molar refractivity (Wildman–Crippen MR) is 129 cm³/mol. The molecule has 166 valence electrons. The van der Waals surface area contributed by atoms with Gasteiger partial charge < -0.3 is 14.7 Å². The average molecular weight is 453 g/mol. The van der Waals surface area contributed by atoms with Gasteiger partial charge in [-0.05, 0) is 68.5 Å². The van der Waals surface area contributed by atoms with E-state index in [9.17, 15) is 5.11 Å². The minimum absolute atomic E-state index is 0. The largest absolute Gasteiger partial charge is 0.488 e. The molecule has 4 nitrogen and oxygen atoms in total. The van der Waals surface area contributed by atoms with Gasteiger partial charge in [0.1, 0.15) is 18.0 Å². The summed E-state index contributed by atoms with van der Waals surface area (Å²) in [6, 6.07) is 16.8. The van der Waals surface area contributed by atoms with Crippen LogP contribution in [0.2, 0.25) is 0 Å². The Morgan fingerprint density at radius 3 is 2.23 bits per heavy atom. The van der Waals surface area contributed by atoms with Crippen LogP contribution in [0, 0.1) is 13.8 Å². The molecule has 0 radical (unpaired) electrons. The average Bonchev–Trinajstić information content (AvgIpc) is 2.73. The van der Waals surface area contributed by atoms with E-state index in [1.54, 1.807) is 0 Å². The molecule has 6 heteroatoms. The van der Waals surface area contributed by atoms with Gasteiger partial charge in [-0.1, -0.05) is 24.3 Å². The molecule has 0 unspecified atom stereocenters.